The minimum atomic E-state index is -1.14. The normalized spacial score (nSPS) is 11.5. The third kappa shape index (κ3) is 2.55. The first-order chi connectivity index (χ1) is 9.13. The van der Waals surface area contributed by atoms with Crippen LogP contribution >= 0.6 is 0 Å². The zero-order chi connectivity index (χ0) is 13.8. The van der Waals surface area contributed by atoms with Crippen molar-refractivity contribution in [1.29, 1.82) is 5.26 Å². The van der Waals surface area contributed by atoms with Gasteiger partial charge < -0.3 is 10.2 Å². The van der Waals surface area contributed by atoms with Gasteiger partial charge in [-0.3, -0.25) is 4.79 Å². The van der Waals surface area contributed by atoms with Gasteiger partial charge in [0.1, 0.15) is 17.4 Å². The van der Waals surface area contributed by atoms with Gasteiger partial charge in [0.05, 0.1) is 6.07 Å². The maximum absolute atomic E-state index is 12.2. The summed E-state index contributed by atoms with van der Waals surface area (Å²) in [6.45, 7) is 0. The molecule has 0 aliphatic carbocycles. The van der Waals surface area contributed by atoms with E-state index in [1.54, 1.807) is 30.3 Å². The molecule has 0 aliphatic rings. The molecule has 0 aliphatic heterocycles. The first-order valence-electron chi connectivity index (χ1n) is 5.64. The van der Waals surface area contributed by atoms with Gasteiger partial charge in [-0.2, -0.15) is 5.26 Å². The van der Waals surface area contributed by atoms with E-state index in [0.717, 1.165) is 0 Å². The summed E-state index contributed by atoms with van der Waals surface area (Å²) >= 11 is 0. The number of nitriles is 1. The van der Waals surface area contributed by atoms with E-state index in [0.29, 0.717) is 5.56 Å². The molecule has 94 valence electrons. The van der Waals surface area contributed by atoms with Crippen LogP contribution in [0.5, 0.6) is 11.5 Å². The molecule has 1 unspecified atom stereocenters. The summed E-state index contributed by atoms with van der Waals surface area (Å²) in [5.74, 6) is -1.85. The highest BCUT2D eigenvalue weighted by Gasteiger charge is 2.24. The van der Waals surface area contributed by atoms with E-state index in [1.165, 1.54) is 18.2 Å². The van der Waals surface area contributed by atoms with E-state index in [2.05, 4.69) is 0 Å². The number of hydrogen-bond acceptors (Lipinski definition) is 4. The molecule has 1 atom stereocenters. The number of benzene rings is 2. The van der Waals surface area contributed by atoms with Crippen molar-refractivity contribution in [2.45, 2.75) is 5.92 Å². The fourth-order valence-corrected chi connectivity index (χ4v) is 1.81. The third-order valence-corrected chi connectivity index (χ3v) is 2.77. The van der Waals surface area contributed by atoms with Gasteiger partial charge in [-0.1, -0.05) is 30.3 Å². The molecule has 4 nitrogen and oxygen atoms in total. The molecular weight excluding hydrogens is 242 g/mol. The zero-order valence-electron chi connectivity index (χ0n) is 9.95. The van der Waals surface area contributed by atoms with Gasteiger partial charge >= 0.3 is 0 Å². The van der Waals surface area contributed by atoms with Crippen LogP contribution in [0.15, 0.2) is 48.5 Å². The van der Waals surface area contributed by atoms with Crippen LogP contribution in [-0.4, -0.2) is 16.0 Å². The summed E-state index contributed by atoms with van der Waals surface area (Å²) in [6.07, 6.45) is 0. The Labute approximate surface area is 110 Å². The van der Waals surface area contributed by atoms with Gasteiger partial charge in [0, 0.05) is 11.1 Å². The maximum Gasteiger partial charge on any atom is 0.184 e. The van der Waals surface area contributed by atoms with E-state index in [-0.39, 0.29) is 17.1 Å². The van der Waals surface area contributed by atoms with Crippen LogP contribution in [0.3, 0.4) is 0 Å². The van der Waals surface area contributed by atoms with Crippen molar-refractivity contribution in [2.75, 3.05) is 0 Å². The number of nitrogens with zero attached hydrogens (tertiary/aromatic N) is 1. The first kappa shape index (κ1) is 12.7. The predicted octanol–water partition coefficient (Wildman–Crippen LogP) is 2.59. The summed E-state index contributed by atoms with van der Waals surface area (Å²) in [7, 11) is 0. The smallest absolute Gasteiger partial charge is 0.184 e. The molecule has 2 aromatic carbocycles. The highest BCUT2D eigenvalue weighted by molar-refractivity contribution is 6.03. The topological polar surface area (TPSA) is 81.3 Å². The Hall–Kier alpha value is -2.80. The Balaban J connectivity index is 2.44. The quantitative estimate of drug-likeness (QED) is 0.650. The van der Waals surface area contributed by atoms with Crippen LogP contribution in [0.25, 0.3) is 0 Å². The lowest BCUT2D eigenvalue weighted by molar-refractivity contribution is 0.0977. The molecule has 0 spiro atoms. The number of ketones is 1. The summed E-state index contributed by atoms with van der Waals surface area (Å²) in [4.78, 5) is 12.2. The number of phenolic OH excluding ortho intramolecular Hbond substituents is 2. The summed E-state index contributed by atoms with van der Waals surface area (Å²) in [5, 5.41) is 28.3. The maximum atomic E-state index is 12.2. The molecule has 0 saturated carbocycles. The van der Waals surface area contributed by atoms with Crippen LogP contribution in [-0.2, 0) is 0 Å². The molecular formula is C15H11NO3. The highest BCUT2D eigenvalue weighted by atomic mass is 16.3. The number of carbonyl (C=O) groups is 1. The van der Waals surface area contributed by atoms with Crippen molar-refractivity contribution in [3.8, 4) is 17.6 Å². The number of aromatic hydroxyl groups is 2. The third-order valence-electron chi connectivity index (χ3n) is 2.77. The van der Waals surface area contributed by atoms with Crippen molar-refractivity contribution in [3.05, 3.63) is 59.7 Å². The van der Waals surface area contributed by atoms with E-state index in [4.69, 9.17) is 5.26 Å². The zero-order valence-corrected chi connectivity index (χ0v) is 9.95. The second-order valence-corrected chi connectivity index (χ2v) is 4.04. The molecule has 2 rings (SSSR count). The van der Waals surface area contributed by atoms with Gasteiger partial charge in [0.2, 0.25) is 0 Å². The lowest BCUT2D eigenvalue weighted by Gasteiger charge is -2.10. The van der Waals surface area contributed by atoms with Gasteiger partial charge in [-0.15, -0.1) is 0 Å². The van der Waals surface area contributed by atoms with Crippen LogP contribution in [0.4, 0.5) is 0 Å². The highest BCUT2D eigenvalue weighted by Crippen LogP contribution is 2.31. The fourth-order valence-electron chi connectivity index (χ4n) is 1.81. The Morgan fingerprint density at radius 2 is 1.79 bits per heavy atom. The van der Waals surface area contributed by atoms with Gasteiger partial charge in [0.25, 0.3) is 0 Å². The van der Waals surface area contributed by atoms with E-state index in [1.807, 2.05) is 6.07 Å². The average molecular weight is 253 g/mol. The van der Waals surface area contributed by atoms with Gasteiger partial charge in [0.15, 0.2) is 5.78 Å². The number of carbonyl (C=O) groups excluding carboxylic acids is 1. The van der Waals surface area contributed by atoms with Crippen molar-refractivity contribution < 1.29 is 15.0 Å². The van der Waals surface area contributed by atoms with Crippen molar-refractivity contribution in [3.63, 3.8) is 0 Å². The molecule has 2 N–H and O–H groups in total. The minimum Gasteiger partial charge on any atom is -0.508 e. The Bertz CT molecular complexity index is 644. The molecule has 4 heteroatoms. The Kier molecular flexibility index (Phi) is 3.48. The van der Waals surface area contributed by atoms with Crippen molar-refractivity contribution >= 4 is 5.78 Å². The number of rotatable bonds is 3. The molecule has 19 heavy (non-hydrogen) atoms. The Morgan fingerprint density at radius 3 is 2.42 bits per heavy atom. The van der Waals surface area contributed by atoms with Crippen LogP contribution in [0.2, 0.25) is 0 Å². The minimum absolute atomic E-state index is 0.103. The van der Waals surface area contributed by atoms with Gasteiger partial charge in [-0.25, -0.2) is 0 Å². The molecule has 0 saturated heterocycles. The summed E-state index contributed by atoms with van der Waals surface area (Å²) in [5.41, 5.74) is 0.494. The van der Waals surface area contributed by atoms with Crippen LogP contribution in [0, 0.1) is 11.3 Å². The number of phenols is 2. The van der Waals surface area contributed by atoms with Crippen LogP contribution in [0.1, 0.15) is 21.8 Å². The SMILES string of the molecule is N#CC(C(=O)c1ccccc1)c1cc(O)ccc1O. The standard InChI is InChI=1S/C15H11NO3/c16-9-13(12-8-11(17)6-7-14(12)18)15(19)10-4-2-1-3-5-10/h1-8,13,17-18H. The second-order valence-electron chi connectivity index (χ2n) is 4.04. The number of hydrogen-bond donors (Lipinski definition) is 2. The predicted molar refractivity (Wildman–Crippen MR) is 68.9 cm³/mol. The van der Waals surface area contributed by atoms with E-state index < -0.39 is 11.7 Å². The lowest BCUT2D eigenvalue weighted by Crippen LogP contribution is -2.11. The first-order valence-corrected chi connectivity index (χ1v) is 5.64. The fraction of sp³-hybridized carbons (Fsp3) is 0.0667. The van der Waals surface area contributed by atoms with E-state index in [9.17, 15) is 15.0 Å². The monoisotopic (exact) mass is 253 g/mol. The van der Waals surface area contributed by atoms with Gasteiger partial charge in [-0.05, 0) is 18.2 Å². The lowest BCUT2D eigenvalue weighted by atomic mass is 9.91. The average Bonchev–Trinajstić information content (AvgIpc) is 2.44. The second kappa shape index (κ2) is 5.23. The molecule has 2 aromatic rings. The molecule has 0 radical (unpaired) electrons. The molecule has 0 amide bonds. The van der Waals surface area contributed by atoms with Crippen molar-refractivity contribution in [1.82, 2.24) is 0 Å². The summed E-state index contributed by atoms with van der Waals surface area (Å²) < 4.78 is 0. The molecule has 0 heterocycles. The molecule has 0 bridgehead atoms. The largest absolute Gasteiger partial charge is 0.508 e. The number of Topliss-reactive ketones (excluding diaryl/α,β-unsaturated/α-hetero) is 1. The van der Waals surface area contributed by atoms with Crippen LogP contribution < -0.4 is 0 Å². The molecule has 0 fully saturated rings. The Morgan fingerprint density at radius 1 is 1.11 bits per heavy atom. The molecule has 0 aromatic heterocycles. The van der Waals surface area contributed by atoms with E-state index >= 15 is 0 Å². The van der Waals surface area contributed by atoms with Crippen molar-refractivity contribution in [2.24, 2.45) is 0 Å². The summed E-state index contributed by atoms with van der Waals surface area (Å²) in [6, 6.07) is 14.0.